The van der Waals surface area contributed by atoms with Gasteiger partial charge in [-0.1, -0.05) is 79.8 Å². The van der Waals surface area contributed by atoms with Crippen molar-refractivity contribution in [3.8, 4) is 10.6 Å². The van der Waals surface area contributed by atoms with Crippen LogP contribution in [0.15, 0.2) is 54.6 Å². The molecule has 0 saturated heterocycles. The van der Waals surface area contributed by atoms with Gasteiger partial charge in [0.2, 0.25) is 11.0 Å². The third kappa shape index (κ3) is 4.73. The third-order valence-corrected chi connectivity index (χ3v) is 4.87. The van der Waals surface area contributed by atoms with E-state index in [1.165, 1.54) is 22.5 Å². The number of carbonyl (C=O) groups is 1. The summed E-state index contributed by atoms with van der Waals surface area (Å²) in [4.78, 5) is 12.1. The highest BCUT2D eigenvalue weighted by molar-refractivity contribution is 7.18. The highest BCUT2D eigenvalue weighted by atomic mass is 32.1. The first kappa shape index (κ1) is 17.3. The van der Waals surface area contributed by atoms with E-state index in [9.17, 15) is 4.79 Å². The Morgan fingerprint density at radius 1 is 1.04 bits per heavy atom. The number of nitrogens with zero attached hydrogens (tertiary/aromatic N) is 2. The molecule has 0 bridgehead atoms. The monoisotopic (exact) mass is 351 g/mol. The van der Waals surface area contributed by atoms with E-state index < -0.39 is 0 Å². The number of anilines is 1. The fourth-order valence-electron chi connectivity index (χ4n) is 2.48. The molecule has 0 unspecified atom stereocenters. The van der Waals surface area contributed by atoms with E-state index in [4.69, 9.17) is 0 Å². The summed E-state index contributed by atoms with van der Waals surface area (Å²) in [5.74, 6) is 0.484. The number of nitrogens with one attached hydrogen (secondary N) is 1. The zero-order valence-corrected chi connectivity index (χ0v) is 15.2. The summed E-state index contributed by atoms with van der Waals surface area (Å²) < 4.78 is 0. The van der Waals surface area contributed by atoms with Crippen molar-refractivity contribution in [3.05, 3.63) is 65.7 Å². The zero-order valence-electron chi connectivity index (χ0n) is 14.4. The number of rotatable bonds is 6. The second-order valence-corrected chi connectivity index (χ2v) is 7.20. The van der Waals surface area contributed by atoms with Gasteiger partial charge < -0.3 is 5.32 Å². The van der Waals surface area contributed by atoms with Crippen LogP contribution in [0.1, 0.15) is 37.3 Å². The molecule has 128 valence electrons. The van der Waals surface area contributed by atoms with Gasteiger partial charge in [-0.2, -0.15) is 0 Å². The molecule has 1 N–H and O–H groups in total. The zero-order chi connectivity index (χ0) is 17.6. The molecule has 0 fully saturated rings. The second kappa shape index (κ2) is 8.03. The van der Waals surface area contributed by atoms with Crippen LogP contribution in [0.2, 0.25) is 0 Å². The molecule has 3 rings (SSSR count). The van der Waals surface area contributed by atoms with E-state index in [1.54, 1.807) is 0 Å². The molecule has 0 saturated carbocycles. The van der Waals surface area contributed by atoms with Crippen LogP contribution in [-0.4, -0.2) is 16.1 Å². The molecular formula is C20H21N3OS. The molecule has 2 aromatic carbocycles. The molecule has 25 heavy (non-hydrogen) atoms. The second-order valence-electron chi connectivity index (χ2n) is 6.22. The van der Waals surface area contributed by atoms with Crippen molar-refractivity contribution in [1.29, 1.82) is 0 Å². The number of aromatic nitrogens is 2. The van der Waals surface area contributed by atoms with Crippen molar-refractivity contribution >= 4 is 22.4 Å². The molecule has 0 aliphatic carbocycles. The SMILES string of the molecule is CC(C)c1ccc(CCC(=O)Nc2nnc(-c3ccccc3)s2)cc1. The van der Waals surface area contributed by atoms with Crippen molar-refractivity contribution in [3.63, 3.8) is 0 Å². The quantitative estimate of drug-likeness (QED) is 0.687. The highest BCUT2D eigenvalue weighted by Gasteiger charge is 2.10. The fraction of sp³-hybridized carbons (Fsp3) is 0.250. The van der Waals surface area contributed by atoms with E-state index in [-0.39, 0.29) is 5.91 Å². The first-order valence-corrected chi connectivity index (χ1v) is 9.21. The number of benzene rings is 2. The average Bonchev–Trinajstić information content (AvgIpc) is 3.09. The first-order chi connectivity index (χ1) is 12.1. The predicted molar refractivity (Wildman–Crippen MR) is 103 cm³/mol. The molecule has 3 aromatic rings. The van der Waals surface area contributed by atoms with E-state index in [0.29, 0.717) is 23.9 Å². The van der Waals surface area contributed by atoms with Crippen LogP contribution in [0.25, 0.3) is 10.6 Å². The number of carbonyl (C=O) groups excluding carboxylic acids is 1. The van der Waals surface area contributed by atoms with Crippen molar-refractivity contribution in [1.82, 2.24) is 10.2 Å². The van der Waals surface area contributed by atoms with Gasteiger partial charge in [-0.05, 0) is 23.5 Å². The van der Waals surface area contributed by atoms with Crippen LogP contribution in [0, 0.1) is 0 Å². The van der Waals surface area contributed by atoms with Gasteiger partial charge in [0.05, 0.1) is 0 Å². The Morgan fingerprint density at radius 2 is 1.76 bits per heavy atom. The van der Waals surface area contributed by atoms with E-state index >= 15 is 0 Å². The average molecular weight is 351 g/mol. The Morgan fingerprint density at radius 3 is 2.44 bits per heavy atom. The van der Waals surface area contributed by atoms with Crippen molar-refractivity contribution in [2.75, 3.05) is 5.32 Å². The smallest absolute Gasteiger partial charge is 0.226 e. The molecule has 4 nitrogen and oxygen atoms in total. The van der Waals surface area contributed by atoms with Crippen LogP contribution < -0.4 is 5.32 Å². The molecule has 1 aromatic heterocycles. The van der Waals surface area contributed by atoms with Crippen LogP contribution in [-0.2, 0) is 11.2 Å². The molecule has 1 amide bonds. The Kier molecular flexibility index (Phi) is 5.56. The van der Waals surface area contributed by atoms with Gasteiger partial charge >= 0.3 is 0 Å². The maximum atomic E-state index is 12.1. The van der Waals surface area contributed by atoms with E-state index in [1.807, 2.05) is 30.3 Å². The highest BCUT2D eigenvalue weighted by Crippen LogP contribution is 2.26. The number of amides is 1. The maximum Gasteiger partial charge on any atom is 0.226 e. The summed E-state index contributed by atoms with van der Waals surface area (Å²) in [6, 6.07) is 18.3. The van der Waals surface area contributed by atoms with Crippen molar-refractivity contribution < 1.29 is 4.79 Å². The Bertz CT molecular complexity index is 826. The maximum absolute atomic E-state index is 12.1. The molecule has 1 heterocycles. The lowest BCUT2D eigenvalue weighted by Gasteiger charge is -2.06. The Labute approximate surface area is 151 Å². The lowest BCUT2D eigenvalue weighted by molar-refractivity contribution is -0.116. The molecule has 0 radical (unpaired) electrons. The Hall–Kier alpha value is -2.53. The molecule has 5 heteroatoms. The van der Waals surface area contributed by atoms with Gasteiger partial charge in [-0.3, -0.25) is 4.79 Å². The topological polar surface area (TPSA) is 54.9 Å². The lowest BCUT2D eigenvalue weighted by atomic mass is 10.0. The van der Waals surface area contributed by atoms with Gasteiger partial charge in [0.15, 0.2) is 0 Å². The molecular weight excluding hydrogens is 330 g/mol. The van der Waals surface area contributed by atoms with Gasteiger partial charge in [-0.15, -0.1) is 10.2 Å². The molecule has 0 aliphatic rings. The lowest BCUT2D eigenvalue weighted by Crippen LogP contribution is -2.12. The number of aryl methyl sites for hydroxylation is 1. The minimum absolute atomic E-state index is 0.0382. The summed E-state index contributed by atoms with van der Waals surface area (Å²) >= 11 is 1.39. The van der Waals surface area contributed by atoms with Crippen LogP contribution in [0.5, 0.6) is 0 Å². The fourth-order valence-corrected chi connectivity index (χ4v) is 3.25. The number of hydrogen-bond donors (Lipinski definition) is 1. The summed E-state index contributed by atoms with van der Waals surface area (Å²) in [6.07, 6.45) is 1.15. The van der Waals surface area contributed by atoms with Gasteiger partial charge in [0.25, 0.3) is 0 Å². The summed E-state index contributed by atoms with van der Waals surface area (Å²) in [5.41, 5.74) is 3.49. The largest absolute Gasteiger partial charge is 0.301 e. The van der Waals surface area contributed by atoms with Crippen molar-refractivity contribution in [2.45, 2.75) is 32.6 Å². The minimum atomic E-state index is -0.0382. The molecule has 0 aliphatic heterocycles. The summed E-state index contributed by atoms with van der Waals surface area (Å²) in [6.45, 7) is 4.35. The van der Waals surface area contributed by atoms with Crippen molar-refractivity contribution in [2.24, 2.45) is 0 Å². The normalized spacial score (nSPS) is 10.8. The van der Waals surface area contributed by atoms with Gasteiger partial charge in [0.1, 0.15) is 5.01 Å². The van der Waals surface area contributed by atoms with E-state index in [0.717, 1.165) is 10.6 Å². The summed E-state index contributed by atoms with van der Waals surface area (Å²) in [5, 5.41) is 12.4. The standard InChI is InChI=1S/C20H21N3OS/c1-14(2)16-11-8-15(9-12-16)10-13-18(24)21-20-23-22-19(25-20)17-6-4-3-5-7-17/h3-9,11-12,14H,10,13H2,1-2H3,(H,21,23,24). The molecule has 0 atom stereocenters. The predicted octanol–water partition coefficient (Wildman–Crippen LogP) is 4.90. The van der Waals surface area contributed by atoms with Gasteiger partial charge in [-0.25, -0.2) is 0 Å². The third-order valence-electron chi connectivity index (χ3n) is 3.98. The van der Waals surface area contributed by atoms with Crippen LogP contribution >= 0.6 is 11.3 Å². The van der Waals surface area contributed by atoms with Crippen LogP contribution in [0.4, 0.5) is 5.13 Å². The minimum Gasteiger partial charge on any atom is -0.301 e. The van der Waals surface area contributed by atoms with Crippen LogP contribution in [0.3, 0.4) is 0 Å². The Balaban J connectivity index is 1.53. The van der Waals surface area contributed by atoms with Gasteiger partial charge in [0, 0.05) is 12.0 Å². The van der Waals surface area contributed by atoms with E-state index in [2.05, 4.69) is 53.6 Å². The molecule has 0 spiro atoms. The number of hydrogen-bond acceptors (Lipinski definition) is 4. The first-order valence-electron chi connectivity index (χ1n) is 8.39. The summed E-state index contributed by atoms with van der Waals surface area (Å²) in [7, 11) is 0.